The second-order valence-corrected chi connectivity index (χ2v) is 4.78. The highest BCUT2D eigenvalue weighted by molar-refractivity contribution is 5.90. The smallest absolute Gasteiger partial charge is 0.268 e. The number of aromatic nitrogens is 1. The van der Waals surface area contributed by atoms with Gasteiger partial charge in [0.05, 0.1) is 0 Å². The first kappa shape index (κ1) is 12.8. The lowest BCUT2D eigenvalue weighted by Gasteiger charge is -2.37. The van der Waals surface area contributed by atoms with E-state index >= 15 is 0 Å². The first-order chi connectivity index (χ1) is 8.58. The number of carbonyl (C=O) groups is 1. The minimum Gasteiger partial charge on any atom is -0.364 e. The Bertz CT molecular complexity index is 425. The van der Waals surface area contributed by atoms with Crippen LogP contribution in [-0.4, -0.2) is 48.0 Å². The zero-order valence-electron chi connectivity index (χ0n) is 10.9. The van der Waals surface area contributed by atoms with Crippen molar-refractivity contribution in [2.24, 2.45) is 5.73 Å². The number of hydrogen-bond acceptors (Lipinski definition) is 4. The molecule has 2 rings (SSSR count). The van der Waals surface area contributed by atoms with Gasteiger partial charge in [-0.1, -0.05) is 0 Å². The van der Waals surface area contributed by atoms with Crippen molar-refractivity contribution in [2.75, 3.05) is 31.1 Å². The quantitative estimate of drug-likeness (QED) is 0.845. The number of pyridine rings is 1. The van der Waals surface area contributed by atoms with E-state index in [9.17, 15) is 4.79 Å². The van der Waals surface area contributed by atoms with Crippen molar-refractivity contribution >= 4 is 11.7 Å². The maximum atomic E-state index is 11.1. The Morgan fingerprint density at radius 1 is 1.39 bits per heavy atom. The third-order valence-corrected chi connectivity index (χ3v) is 3.28. The van der Waals surface area contributed by atoms with Crippen LogP contribution in [0.15, 0.2) is 12.1 Å². The molecule has 0 atom stereocenters. The van der Waals surface area contributed by atoms with Crippen molar-refractivity contribution in [3.63, 3.8) is 0 Å². The number of nitrogens with two attached hydrogens (primary N) is 1. The van der Waals surface area contributed by atoms with E-state index in [0.717, 1.165) is 32.0 Å². The summed E-state index contributed by atoms with van der Waals surface area (Å²) in [5.74, 6) is 0.281. The topological polar surface area (TPSA) is 62.5 Å². The van der Waals surface area contributed by atoms with Crippen molar-refractivity contribution in [3.8, 4) is 0 Å². The molecule has 0 bridgehead atoms. The van der Waals surface area contributed by atoms with Gasteiger partial charge in [0.2, 0.25) is 0 Å². The van der Waals surface area contributed by atoms with Crippen LogP contribution in [0.1, 0.15) is 24.3 Å². The fourth-order valence-electron chi connectivity index (χ4n) is 2.15. The Labute approximate surface area is 108 Å². The molecule has 0 unspecified atom stereocenters. The lowest BCUT2D eigenvalue weighted by molar-refractivity contribution is 0.0995. The molecule has 1 aromatic heterocycles. The summed E-state index contributed by atoms with van der Waals surface area (Å²) in [4.78, 5) is 19.9. The predicted molar refractivity (Wildman–Crippen MR) is 70.5 cm³/mol. The van der Waals surface area contributed by atoms with Crippen molar-refractivity contribution in [1.29, 1.82) is 0 Å². The average molecular weight is 247 g/mol. The summed E-state index contributed by atoms with van der Waals surface area (Å²) in [5.41, 5.74) is 5.42. The van der Waals surface area contributed by atoms with Crippen LogP contribution in [0.4, 0.5) is 5.82 Å². The molecule has 1 saturated heterocycles. The van der Waals surface area contributed by atoms with E-state index in [4.69, 9.17) is 5.73 Å². The Morgan fingerprint density at radius 2 is 2.06 bits per heavy atom. The Morgan fingerprint density at radius 3 is 2.61 bits per heavy atom. The second-order valence-electron chi connectivity index (χ2n) is 4.78. The maximum absolute atomic E-state index is 11.1. The van der Waals surface area contributed by atoms with Crippen molar-refractivity contribution in [3.05, 3.63) is 23.9 Å². The van der Waals surface area contributed by atoms with Crippen molar-refractivity contribution in [1.82, 2.24) is 9.88 Å². The van der Waals surface area contributed by atoms with Crippen LogP contribution in [0, 0.1) is 6.07 Å². The Balaban J connectivity index is 2.05. The number of rotatable bonds is 3. The largest absolute Gasteiger partial charge is 0.364 e. The molecule has 0 saturated carbocycles. The van der Waals surface area contributed by atoms with Crippen LogP contribution in [0.5, 0.6) is 0 Å². The van der Waals surface area contributed by atoms with Gasteiger partial charge in [-0.25, -0.2) is 4.98 Å². The minimum absolute atomic E-state index is 0.207. The summed E-state index contributed by atoms with van der Waals surface area (Å²) in [5, 5.41) is 0. The SMILES string of the molecule is CC(C)N1CCN(c2cc[c]c(C(N)=O)n2)CC1. The molecule has 1 amide bonds. The zero-order chi connectivity index (χ0) is 13.1. The third kappa shape index (κ3) is 2.79. The number of primary amides is 1. The first-order valence-electron chi connectivity index (χ1n) is 6.25. The highest BCUT2D eigenvalue weighted by Crippen LogP contribution is 2.14. The van der Waals surface area contributed by atoms with E-state index in [1.165, 1.54) is 0 Å². The van der Waals surface area contributed by atoms with Crippen LogP contribution in [-0.2, 0) is 0 Å². The Hall–Kier alpha value is -1.62. The van der Waals surface area contributed by atoms with Gasteiger partial charge in [0.25, 0.3) is 5.91 Å². The van der Waals surface area contributed by atoms with Gasteiger partial charge in [0, 0.05) is 38.3 Å². The Kier molecular flexibility index (Phi) is 3.81. The molecule has 2 N–H and O–H groups in total. The van der Waals surface area contributed by atoms with E-state index < -0.39 is 5.91 Å². The molecule has 0 aromatic carbocycles. The van der Waals surface area contributed by atoms with Crippen molar-refractivity contribution in [2.45, 2.75) is 19.9 Å². The van der Waals surface area contributed by atoms with Gasteiger partial charge in [-0.3, -0.25) is 9.69 Å². The van der Waals surface area contributed by atoms with Gasteiger partial charge in [0.1, 0.15) is 11.5 Å². The fourth-order valence-corrected chi connectivity index (χ4v) is 2.15. The summed E-state index contributed by atoms with van der Waals surface area (Å²) in [6.07, 6.45) is 0. The molecule has 1 aliphatic heterocycles. The zero-order valence-corrected chi connectivity index (χ0v) is 10.9. The van der Waals surface area contributed by atoms with Crippen LogP contribution in [0.2, 0.25) is 0 Å². The van der Waals surface area contributed by atoms with Crippen LogP contribution < -0.4 is 10.6 Å². The monoisotopic (exact) mass is 247 g/mol. The number of anilines is 1. The lowest BCUT2D eigenvalue weighted by Crippen LogP contribution is -2.49. The molecular formula is C13H19N4O. The second kappa shape index (κ2) is 5.35. The number of nitrogens with zero attached hydrogens (tertiary/aromatic N) is 3. The normalized spacial score (nSPS) is 17.2. The molecule has 1 fully saturated rings. The standard InChI is InChI=1S/C13H19N4O/c1-10(2)16-6-8-17(9-7-16)12-5-3-4-11(15-12)13(14)18/h3,5,10H,6-9H2,1-2H3,(H2,14,18). The molecule has 1 aromatic rings. The summed E-state index contributed by atoms with van der Waals surface area (Å²) in [6, 6.07) is 6.90. The average Bonchev–Trinajstić information content (AvgIpc) is 2.39. The molecule has 1 aliphatic rings. The van der Waals surface area contributed by atoms with E-state index in [1.807, 2.05) is 6.07 Å². The van der Waals surface area contributed by atoms with E-state index in [1.54, 1.807) is 6.07 Å². The molecule has 0 spiro atoms. The molecule has 97 valence electrons. The summed E-state index contributed by atoms with van der Waals surface area (Å²) < 4.78 is 0. The molecule has 0 aliphatic carbocycles. The summed E-state index contributed by atoms with van der Waals surface area (Å²) >= 11 is 0. The fraction of sp³-hybridized carbons (Fsp3) is 0.538. The number of piperazine rings is 1. The lowest BCUT2D eigenvalue weighted by atomic mass is 10.2. The molecule has 2 heterocycles. The number of carbonyl (C=O) groups excluding carboxylic acids is 1. The molecule has 18 heavy (non-hydrogen) atoms. The minimum atomic E-state index is -0.530. The maximum Gasteiger partial charge on any atom is 0.268 e. The predicted octanol–water partition coefficient (Wildman–Crippen LogP) is 0.511. The van der Waals surface area contributed by atoms with E-state index in [2.05, 4.69) is 34.7 Å². The van der Waals surface area contributed by atoms with Crippen LogP contribution in [0.3, 0.4) is 0 Å². The highest BCUT2D eigenvalue weighted by Gasteiger charge is 2.20. The van der Waals surface area contributed by atoms with Gasteiger partial charge >= 0.3 is 0 Å². The van der Waals surface area contributed by atoms with Gasteiger partial charge in [-0.2, -0.15) is 0 Å². The molecular weight excluding hydrogens is 228 g/mol. The van der Waals surface area contributed by atoms with Gasteiger partial charge in [-0.05, 0) is 26.0 Å². The van der Waals surface area contributed by atoms with E-state index in [-0.39, 0.29) is 5.69 Å². The number of hydrogen-bond donors (Lipinski definition) is 1. The van der Waals surface area contributed by atoms with E-state index in [0.29, 0.717) is 6.04 Å². The van der Waals surface area contributed by atoms with Crippen LogP contribution >= 0.6 is 0 Å². The molecule has 1 radical (unpaired) electrons. The van der Waals surface area contributed by atoms with Gasteiger partial charge < -0.3 is 10.6 Å². The first-order valence-corrected chi connectivity index (χ1v) is 6.25. The summed E-state index contributed by atoms with van der Waals surface area (Å²) in [6.45, 7) is 8.29. The number of amides is 1. The van der Waals surface area contributed by atoms with Crippen molar-refractivity contribution < 1.29 is 4.79 Å². The highest BCUT2D eigenvalue weighted by atomic mass is 16.1. The summed E-state index contributed by atoms with van der Waals surface area (Å²) in [7, 11) is 0. The van der Waals surface area contributed by atoms with Crippen LogP contribution in [0.25, 0.3) is 0 Å². The van der Waals surface area contributed by atoms with Gasteiger partial charge in [-0.15, -0.1) is 0 Å². The van der Waals surface area contributed by atoms with Gasteiger partial charge in [0.15, 0.2) is 0 Å². The molecule has 5 heteroatoms. The third-order valence-electron chi connectivity index (χ3n) is 3.28. The molecule has 5 nitrogen and oxygen atoms in total.